The summed E-state index contributed by atoms with van der Waals surface area (Å²) in [6.45, 7) is 3.27. The average Bonchev–Trinajstić information content (AvgIpc) is 3.30. The number of rotatable bonds is 8. The lowest BCUT2D eigenvalue weighted by Gasteiger charge is -2.26. The number of hydrogen-bond acceptors (Lipinski definition) is 5. The third-order valence-corrected chi connectivity index (χ3v) is 8.28. The van der Waals surface area contributed by atoms with E-state index in [1.54, 1.807) is 42.8 Å². The number of fused-ring (bicyclic) bond motifs is 1. The van der Waals surface area contributed by atoms with Gasteiger partial charge in [0.2, 0.25) is 15.9 Å². The van der Waals surface area contributed by atoms with Gasteiger partial charge in [-0.05, 0) is 56.2 Å². The fourth-order valence-electron chi connectivity index (χ4n) is 4.35. The second kappa shape index (κ2) is 10.1. The third-order valence-electron chi connectivity index (χ3n) is 6.39. The molecule has 1 aliphatic rings. The fraction of sp³-hybridized carbons (Fsp3) is 0.400. The largest absolute Gasteiger partial charge is 0.497 e. The molecule has 182 valence electrons. The van der Waals surface area contributed by atoms with E-state index in [-0.39, 0.29) is 5.91 Å². The Hall–Kier alpha value is -3.04. The Bertz CT molecular complexity index is 1280. The summed E-state index contributed by atoms with van der Waals surface area (Å²) < 4.78 is 40.1. The van der Waals surface area contributed by atoms with Crippen molar-refractivity contribution in [2.45, 2.75) is 43.7 Å². The molecular formula is C25H31N3O5S. The van der Waals surface area contributed by atoms with Crippen molar-refractivity contribution in [3.8, 4) is 11.5 Å². The van der Waals surface area contributed by atoms with Crippen molar-refractivity contribution < 1.29 is 22.7 Å². The Morgan fingerprint density at radius 1 is 1.03 bits per heavy atom. The zero-order valence-electron chi connectivity index (χ0n) is 19.8. The van der Waals surface area contributed by atoms with Crippen molar-refractivity contribution in [3.05, 3.63) is 54.2 Å². The Morgan fingerprint density at radius 2 is 1.79 bits per heavy atom. The molecule has 1 aliphatic heterocycles. The normalized spacial score (nSPS) is 15.7. The third kappa shape index (κ3) is 4.76. The number of amides is 1. The highest BCUT2D eigenvalue weighted by atomic mass is 32.2. The van der Waals surface area contributed by atoms with Crippen LogP contribution in [-0.2, 0) is 21.4 Å². The highest BCUT2D eigenvalue weighted by Crippen LogP contribution is 2.27. The van der Waals surface area contributed by atoms with Gasteiger partial charge in [0.15, 0.2) is 0 Å². The first-order valence-electron chi connectivity index (χ1n) is 11.4. The summed E-state index contributed by atoms with van der Waals surface area (Å²) in [5, 5.41) is 3.75. The second-order valence-corrected chi connectivity index (χ2v) is 10.4. The van der Waals surface area contributed by atoms with E-state index in [1.165, 1.54) is 0 Å². The molecule has 1 saturated heterocycles. The Morgan fingerprint density at radius 3 is 2.50 bits per heavy atom. The summed E-state index contributed by atoms with van der Waals surface area (Å²) in [6.07, 6.45) is 4.68. The summed E-state index contributed by atoms with van der Waals surface area (Å²) in [7, 11) is -0.341. The summed E-state index contributed by atoms with van der Waals surface area (Å²) in [5.74, 6) is 1.17. The van der Waals surface area contributed by atoms with Crippen molar-refractivity contribution in [1.82, 2.24) is 14.2 Å². The molecule has 1 fully saturated rings. The number of piperidine rings is 1. The van der Waals surface area contributed by atoms with Crippen molar-refractivity contribution in [2.24, 2.45) is 0 Å². The molecule has 3 aromatic rings. The Kier molecular flexibility index (Phi) is 7.13. The van der Waals surface area contributed by atoms with Gasteiger partial charge in [-0.2, -0.15) is 4.31 Å². The monoisotopic (exact) mass is 485 g/mol. The predicted octanol–water partition coefficient (Wildman–Crippen LogP) is 3.71. The molecule has 0 bridgehead atoms. The van der Waals surface area contributed by atoms with E-state index in [4.69, 9.17) is 9.47 Å². The van der Waals surface area contributed by atoms with E-state index >= 15 is 0 Å². The van der Waals surface area contributed by atoms with E-state index in [1.807, 2.05) is 35.9 Å². The van der Waals surface area contributed by atoms with Crippen LogP contribution in [0.4, 0.5) is 0 Å². The first kappa shape index (κ1) is 24.1. The highest BCUT2D eigenvalue weighted by molar-refractivity contribution is 7.89. The molecule has 8 nitrogen and oxygen atoms in total. The van der Waals surface area contributed by atoms with Crippen molar-refractivity contribution in [2.75, 3.05) is 27.3 Å². The van der Waals surface area contributed by atoms with Crippen LogP contribution in [0.15, 0.2) is 53.6 Å². The van der Waals surface area contributed by atoms with Crippen LogP contribution in [0.2, 0.25) is 0 Å². The van der Waals surface area contributed by atoms with E-state index in [9.17, 15) is 13.2 Å². The molecule has 2 aromatic carbocycles. The summed E-state index contributed by atoms with van der Waals surface area (Å²) in [6, 6.07) is 11.9. The molecule has 1 aromatic heterocycles. The average molecular weight is 486 g/mol. The predicted molar refractivity (Wildman–Crippen MR) is 131 cm³/mol. The summed E-state index contributed by atoms with van der Waals surface area (Å²) >= 11 is 0. The lowest BCUT2D eigenvalue weighted by Crippen LogP contribution is -2.35. The molecule has 0 unspecified atom stereocenters. The number of methoxy groups -OCH3 is 2. The minimum atomic E-state index is -3.51. The highest BCUT2D eigenvalue weighted by Gasteiger charge is 2.26. The van der Waals surface area contributed by atoms with E-state index in [0.717, 1.165) is 35.7 Å². The van der Waals surface area contributed by atoms with Crippen LogP contribution in [0.25, 0.3) is 10.9 Å². The number of sulfonamides is 1. The standard InChI is InChI=1S/C25H31N3O5S/c1-18(25(29)26-17-20-7-8-21(32-2)16-24(20)33-3)28-14-11-19-15-22(9-10-23(19)28)34(30,31)27-12-5-4-6-13-27/h7-11,14-16,18H,4-6,12-13,17H2,1-3H3,(H,26,29)/t18-/m0/s1. The molecule has 1 amide bonds. The lowest BCUT2D eigenvalue weighted by atomic mass is 10.2. The van der Waals surface area contributed by atoms with Crippen LogP contribution in [0.1, 0.15) is 37.8 Å². The van der Waals surface area contributed by atoms with Crippen LogP contribution >= 0.6 is 0 Å². The van der Waals surface area contributed by atoms with Gasteiger partial charge in [0.1, 0.15) is 17.5 Å². The molecular weight excluding hydrogens is 454 g/mol. The maximum absolute atomic E-state index is 13.0. The maximum Gasteiger partial charge on any atom is 0.243 e. The van der Waals surface area contributed by atoms with Crippen LogP contribution in [-0.4, -0.2) is 50.5 Å². The van der Waals surface area contributed by atoms with Gasteiger partial charge in [0.25, 0.3) is 0 Å². The first-order chi connectivity index (χ1) is 16.3. The van der Waals surface area contributed by atoms with Gasteiger partial charge in [0.05, 0.1) is 19.1 Å². The van der Waals surface area contributed by atoms with Crippen LogP contribution in [0.5, 0.6) is 11.5 Å². The molecule has 0 radical (unpaired) electrons. The zero-order valence-corrected chi connectivity index (χ0v) is 20.6. The molecule has 1 N–H and O–H groups in total. The van der Waals surface area contributed by atoms with Crippen LogP contribution < -0.4 is 14.8 Å². The summed E-state index contributed by atoms with van der Waals surface area (Å²) in [5.41, 5.74) is 1.65. The zero-order chi connectivity index (χ0) is 24.3. The molecule has 4 rings (SSSR count). The Labute approximate surface area is 200 Å². The van der Waals surface area contributed by atoms with Gasteiger partial charge < -0.3 is 19.4 Å². The number of nitrogens with one attached hydrogen (secondary N) is 1. The van der Waals surface area contributed by atoms with E-state index in [0.29, 0.717) is 36.0 Å². The van der Waals surface area contributed by atoms with Crippen molar-refractivity contribution in [3.63, 3.8) is 0 Å². The number of ether oxygens (including phenoxy) is 2. The molecule has 9 heteroatoms. The lowest BCUT2D eigenvalue weighted by molar-refractivity contribution is -0.123. The van der Waals surface area contributed by atoms with Gasteiger partial charge in [-0.25, -0.2) is 8.42 Å². The maximum atomic E-state index is 13.0. The van der Waals surface area contributed by atoms with Crippen LogP contribution in [0.3, 0.4) is 0 Å². The molecule has 0 spiro atoms. The minimum Gasteiger partial charge on any atom is -0.497 e. The first-order valence-corrected chi connectivity index (χ1v) is 12.9. The van der Waals surface area contributed by atoms with E-state index in [2.05, 4.69) is 5.32 Å². The van der Waals surface area contributed by atoms with Crippen LogP contribution in [0, 0.1) is 0 Å². The molecule has 0 saturated carbocycles. The molecule has 1 atom stereocenters. The number of carbonyl (C=O) groups is 1. The minimum absolute atomic E-state index is 0.152. The van der Waals surface area contributed by atoms with Crippen molar-refractivity contribution >= 4 is 26.8 Å². The second-order valence-electron chi connectivity index (χ2n) is 8.48. The molecule has 34 heavy (non-hydrogen) atoms. The quantitative estimate of drug-likeness (QED) is 0.525. The number of aromatic nitrogens is 1. The number of hydrogen-bond donors (Lipinski definition) is 1. The fourth-order valence-corrected chi connectivity index (χ4v) is 5.90. The number of carbonyl (C=O) groups excluding carboxylic acids is 1. The van der Waals surface area contributed by atoms with Gasteiger partial charge in [0, 0.05) is 48.4 Å². The molecule has 2 heterocycles. The van der Waals surface area contributed by atoms with Gasteiger partial charge >= 0.3 is 0 Å². The van der Waals surface area contributed by atoms with Crippen molar-refractivity contribution in [1.29, 1.82) is 0 Å². The van der Waals surface area contributed by atoms with E-state index < -0.39 is 16.1 Å². The SMILES string of the molecule is COc1ccc(CNC(=O)[C@H](C)n2ccc3cc(S(=O)(=O)N4CCCCC4)ccc32)c(OC)c1. The number of benzene rings is 2. The topological polar surface area (TPSA) is 89.9 Å². The summed E-state index contributed by atoms with van der Waals surface area (Å²) in [4.78, 5) is 13.2. The smallest absolute Gasteiger partial charge is 0.243 e. The van der Waals surface area contributed by atoms with Gasteiger partial charge in [-0.15, -0.1) is 0 Å². The van der Waals surface area contributed by atoms with Gasteiger partial charge in [-0.1, -0.05) is 6.42 Å². The van der Waals surface area contributed by atoms with Gasteiger partial charge in [-0.3, -0.25) is 4.79 Å². The molecule has 0 aliphatic carbocycles. The number of nitrogens with zero attached hydrogens (tertiary/aromatic N) is 2. The Balaban J connectivity index is 1.49.